The number of para-hydroxylation sites is 1. The predicted molar refractivity (Wildman–Crippen MR) is 61.2 cm³/mol. The number of rotatable bonds is 6. The number of hydrogen-bond donors (Lipinski definition) is 1. The van der Waals surface area contributed by atoms with E-state index in [2.05, 4.69) is 6.92 Å². The summed E-state index contributed by atoms with van der Waals surface area (Å²) in [6, 6.07) is 9.67. The zero-order chi connectivity index (χ0) is 11.1. The summed E-state index contributed by atoms with van der Waals surface area (Å²) in [6.07, 6.45) is 2.09. The molecule has 0 unspecified atom stereocenters. The van der Waals surface area contributed by atoms with Crippen LogP contribution in [-0.2, 0) is 4.79 Å². The zero-order valence-electron chi connectivity index (χ0n) is 9.02. The van der Waals surface area contributed by atoms with E-state index in [0.717, 1.165) is 25.1 Å². The quantitative estimate of drug-likeness (QED) is 0.778. The summed E-state index contributed by atoms with van der Waals surface area (Å²) >= 11 is 0. The van der Waals surface area contributed by atoms with Crippen molar-refractivity contribution in [3.63, 3.8) is 0 Å². The Morgan fingerprint density at radius 1 is 1.33 bits per heavy atom. The third-order valence-electron chi connectivity index (χ3n) is 2.23. The minimum atomic E-state index is -0.782. The Morgan fingerprint density at radius 3 is 2.53 bits per heavy atom. The topological polar surface area (TPSA) is 40.5 Å². The average Bonchev–Trinajstić information content (AvgIpc) is 2.25. The van der Waals surface area contributed by atoms with Crippen molar-refractivity contribution >= 4 is 11.7 Å². The van der Waals surface area contributed by atoms with Crippen LogP contribution in [0.5, 0.6) is 0 Å². The lowest BCUT2D eigenvalue weighted by atomic mass is 10.2. The van der Waals surface area contributed by atoms with Gasteiger partial charge in [-0.15, -0.1) is 0 Å². The van der Waals surface area contributed by atoms with E-state index in [4.69, 9.17) is 5.11 Å². The molecule has 0 aliphatic heterocycles. The van der Waals surface area contributed by atoms with Crippen LogP contribution in [0.15, 0.2) is 30.3 Å². The van der Waals surface area contributed by atoms with E-state index in [1.54, 1.807) is 0 Å². The summed E-state index contributed by atoms with van der Waals surface area (Å²) in [7, 11) is 0. The van der Waals surface area contributed by atoms with Gasteiger partial charge in [-0.05, 0) is 18.6 Å². The molecule has 0 saturated carbocycles. The van der Waals surface area contributed by atoms with E-state index in [9.17, 15) is 4.79 Å². The predicted octanol–water partition coefficient (Wildman–Crippen LogP) is 2.38. The van der Waals surface area contributed by atoms with Crippen LogP contribution >= 0.6 is 0 Å². The van der Waals surface area contributed by atoms with Crippen molar-refractivity contribution in [2.75, 3.05) is 18.0 Å². The van der Waals surface area contributed by atoms with Gasteiger partial charge in [0.15, 0.2) is 0 Å². The van der Waals surface area contributed by atoms with Gasteiger partial charge in [-0.1, -0.05) is 31.5 Å². The molecule has 15 heavy (non-hydrogen) atoms. The summed E-state index contributed by atoms with van der Waals surface area (Å²) in [5.74, 6) is -0.782. The van der Waals surface area contributed by atoms with Gasteiger partial charge in [0.1, 0.15) is 6.54 Å². The van der Waals surface area contributed by atoms with E-state index >= 15 is 0 Å². The first-order valence-electron chi connectivity index (χ1n) is 5.26. The number of anilines is 1. The number of benzene rings is 1. The SMILES string of the molecule is CCCCN(CC(=O)O)c1ccccc1. The van der Waals surface area contributed by atoms with Crippen LogP contribution in [0.25, 0.3) is 0 Å². The highest BCUT2D eigenvalue weighted by atomic mass is 16.4. The standard InChI is InChI=1S/C12H17NO2/c1-2-3-9-13(10-12(14)15)11-7-5-4-6-8-11/h4-8H,2-3,9-10H2,1H3,(H,14,15). The minimum absolute atomic E-state index is 0.0734. The number of hydrogen-bond acceptors (Lipinski definition) is 2. The number of nitrogens with zero attached hydrogens (tertiary/aromatic N) is 1. The molecule has 0 aliphatic rings. The Hall–Kier alpha value is -1.51. The Morgan fingerprint density at radius 2 is 2.00 bits per heavy atom. The van der Waals surface area contributed by atoms with Gasteiger partial charge >= 0.3 is 5.97 Å². The molecule has 0 spiro atoms. The summed E-state index contributed by atoms with van der Waals surface area (Å²) < 4.78 is 0. The molecule has 0 heterocycles. The lowest BCUT2D eigenvalue weighted by Crippen LogP contribution is -2.30. The maximum Gasteiger partial charge on any atom is 0.323 e. The van der Waals surface area contributed by atoms with Gasteiger partial charge < -0.3 is 10.0 Å². The normalized spacial score (nSPS) is 9.93. The van der Waals surface area contributed by atoms with Crippen LogP contribution < -0.4 is 4.90 Å². The Labute approximate surface area is 90.3 Å². The number of carbonyl (C=O) groups is 1. The minimum Gasteiger partial charge on any atom is -0.480 e. The van der Waals surface area contributed by atoms with Crippen LogP contribution in [0.1, 0.15) is 19.8 Å². The summed E-state index contributed by atoms with van der Waals surface area (Å²) in [4.78, 5) is 12.6. The maximum atomic E-state index is 10.7. The van der Waals surface area contributed by atoms with Crippen LogP contribution in [0.2, 0.25) is 0 Å². The van der Waals surface area contributed by atoms with Crippen molar-refractivity contribution in [1.82, 2.24) is 0 Å². The molecule has 1 rings (SSSR count). The zero-order valence-corrected chi connectivity index (χ0v) is 9.02. The summed E-state index contributed by atoms with van der Waals surface area (Å²) in [6.45, 7) is 2.97. The molecule has 0 fully saturated rings. The maximum absolute atomic E-state index is 10.7. The van der Waals surface area contributed by atoms with Crippen molar-refractivity contribution in [1.29, 1.82) is 0 Å². The second kappa shape index (κ2) is 6.06. The first-order valence-corrected chi connectivity index (χ1v) is 5.26. The van der Waals surface area contributed by atoms with E-state index in [1.165, 1.54) is 0 Å². The molecule has 0 radical (unpaired) electrons. The molecule has 0 aliphatic carbocycles. The van der Waals surface area contributed by atoms with Crippen molar-refractivity contribution < 1.29 is 9.90 Å². The monoisotopic (exact) mass is 207 g/mol. The van der Waals surface area contributed by atoms with Crippen molar-refractivity contribution in [3.8, 4) is 0 Å². The number of carboxylic acid groups (broad SMARTS) is 1. The third kappa shape index (κ3) is 4.02. The lowest BCUT2D eigenvalue weighted by Gasteiger charge is -2.22. The Balaban J connectivity index is 2.67. The fourth-order valence-corrected chi connectivity index (χ4v) is 1.45. The molecule has 1 aromatic carbocycles. The fraction of sp³-hybridized carbons (Fsp3) is 0.417. The number of unbranched alkanes of at least 4 members (excludes halogenated alkanes) is 1. The molecular formula is C12H17NO2. The van der Waals surface area contributed by atoms with Gasteiger partial charge in [0.2, 0.25) is 0 Å². The highest BCUT2D eigenvalue weighted by molar-refractivity contribution is 5.73. The molecule has 0 saturated heterocycles. The van der Waals surface area contributed by atoms with Gasteiger partial charge in [0, 0.05) is 12.2 Å². The van der Waals surface area contributed by atoms with Gasteiger partial charge in [0.05, 0.1) is 0 Å². The van der Waals surface area contributed by atoms with E-state index in [0.29, 0.717) is 0 Å². The van der Waals surface area contributed by atoms with Gasteiger partial charge in [0.25, 0.3) is 0 Å². The molecule has 1 N–H and O–H groups in total. The second-order valence-corrected chi connectivity index (χ2v) is 3.50. The van der Waals surface area contributed by atoms with Gasteiger partial charge in [-0.2, -0.15) is 0 Å². The van der Waals surface area contributed by atoms with Gasteiger partial charge in [-0.3, -0.25) is 4.79 Å². The van der Waals surface area contributed by atoms with Gasteiger partial charge in [-0.25, -0.2) is 0 Å². The molecule has 82 valence electrons. The van der Waals surface area contributed by atoms with Crippen LogP contribution in [0, 0.1) is 0 Å². The molecule has 3 heteroatoms. The number of carboxylic acids is 1. The fourth-order valence-electron chi connectivity index (χ4n) is 1.45. The Bertz CT molecular complexity index is 298. The molecule has 3 nitrogen and oxygen atoms in total. The molecule has 0 aromatic heterocycles. The molecule has 0 atom stereocenters. The first kappa shape index (κ1) is 11.6. The smallest absolute Gasteiger partial charge is 0.323 e. The lowest BCUT2D eigenvalue weighted by molar-refractivity contribution is -0.135. The first-order chi connectivity index (χ1) is 7.24. The van der Waals surface area contributed by atoms with E-state index < -0.39 is 5.97 Å². The highest BCUT2D eigenvalue weighted by Gasteiger charge is 2.08. The molecule has 0 amide bonds. The third-order valence-corrected chi connectivity index (χ3v) is 2.23. The van der Waals surface area contributed by atoms with Crippen LogP contribution in [-0.4, -0.2) is 24.2 Å². The highest BCUT2D eigenvalue weighted by Crippen LogP contribution is 2.13. The summed E-state index contributed by atoms with van der Waals surface area (Å²) in [5, 5.41) is 8.80. The van der Waals surface area contributed by atoms with Crippen molar-refractivity contribution in [2.45, 2.75) is 19.8 Å². The number of aliphatic carboxylic acids is 1. The van der Waals surface area contributed by atoms with Crippen LogP contribution in [0.3, 0.4) is 0 Å². The van der Waals surface area contributed by atoms with Crippen LogP contribution in [0.4, 0.5) is 5.69 Å². The largest absolute Gasteiger partial charge is 0.480 e. The van der Waals surface area contributed by atoms with Crippen molar-refractivity contribution in [2.24, 2.45) is 0 Å². The van der Waals surface area contributed by atoms with E-state index in [1.807, 2.05) is 35.2 Å². The Kier molecular flexibility index (Phi) is 4.68. The molecule has 0 bridgehead atoms. The van der Waals surface area contributed by atoms with Crippen molar-refractivity contribution in [3.05, 3.63) is 30.3 Å². The van der Waals surface area contributed by atoms with E-state index in [-0.39, 0.29) is 6.54 Å². The molecule has 1 aromatic rings. The molecular weight excluding hydrogens is 190 g/mol. The average molecular weight is 207 g/mol. The summed E-state index contributed by atoms with van der Waals surface area (Å²) in [5.41, 5.74) is 0.980. The second-order valence-electron chi connectivity index (χ2n) is 3.50.